The molecule has 1 N–H and O–H groups in total. The van der Waals surface area contributed by atoms with Crippen LogP contribution in [-0.2, 0) is 21.4 Å². The lowest BCUT2D eigenvalue weighted by atomic mass is 9.99. The second kappa shape index (κ2) is 8.88. The molecule has 1 fully saturated rings. The number of piperidine rings is 1. The summed E-state index contributed by atoms with van der Waals surface area (Å²) < 4.78 is 27.5. The van der Waals surface area contributed by atoms with Gasteiger partial charge in [-0.15, -0.1) is 0 Å². The predicted octanol–water partition coefficient (Wildman–Crippen LogP) is 3.53. The van der Waals surface area contributed by atoms with E-state index in [4.69, 9.17) is 0 Å². The molecule has 2 aromatic rings. The van der Waals surface area contributed by atoms with Gasteiger partial charge in [0.25, 0.3) is 0 Å². The molecule has 0 spiro atoms. The molecule has 1 amide bonds. The molecule has 3 rings (SSSR count). The van der Waals surface area contributed by atoms with E-state index in [9.17, 15) is 13.2 Å². The molecule has 0 aromatic heterocycles. The first-order chi connectivity index (χ1) is 13.4. The molecule has 0 radical (unpaired) electrons. The first-order valence-electron chi connectivity index (χ1n) is 9.79. The van der Waals surface area contributed by atoms with E-state index in [1.54, 1.807) is 12.1 Å². The van der Waals surface area contributed by atoms with Crippen LogP contribution in [0.3, 0.4) is 0 Å². The van der Waals surface area contributed by atoms with Crippen LogP contribution in [0.4, 0.5) is 0 Å². The minimum Gasteiger partial charge on any atom is -0.352 e. The highest BCUT2D eigenvalue weighted by molar-refractivity contribution is 7.89. The average Bonchev–Trinajstić information content (AvgIpc) is 2.73. The number of hydrogen-bond acceptors (Lipinski definition) is 3. The molecular weight excluding hydrogens is 372 g/mol. The standard InChI is InChI=1S/C22H28N2O3S/c1-17(2)19-10-12-21(13-11-19)28(26,27)24-14-6-9-20(16-24)22(25)23-15-18-7-4-3-5-8-18/h3-5,7-8,10-13,17,20H,6,9,14-16H2,1-2H3,(H,23,25)/t20-/m0/s1. The smallest absolute Gasteiger partial charge is 0.243 e. The Labute approximate surface area is 167 Å². The van der Waals surface area contributed by atoms with Crippen molar-refractivity contribution in [2.24, 2.45) is 5.92 Å². The lowest BCUT2D eigenvalue weighted by Gasteiger charge is -2.31. The van der Waals surface area contributed by atoms with Crippen LogP contribution in [-0.4, -0.2) is 31.7 Å². The third-order valence-corrected chi connectivity index (χ3v) is 7.13. The summed E-state index contributed by atoms with van der Waals surface area (Å²) in [5, 5.41) is 2.94. The largest absolute Gasteiger partial charge is 0.352 e. The van der Waals surface area contributed by atoms with Gasteiger partial charge in [-0.2, -0.15) is 4.31 Å². The molecule has 0 unspecified atom stereocenters. The van der Waals surface area contributed by atoms with Crippen molar-refractivity contribution >= 4 is 15.9 Å². The lowest BCUT2D eigenvalue weighted by molar-refractivity contribution is -0.126. The Hall–Kier alpha value is -2.18. The number of hydrogen-bond donors (Lipinski definition) is 1. The zero-order valence-corrected chi connectivity index (χ0v) is 17.3. The quantitative estimate of drug-likeness (QED) is 0.807. The summed E-state index contributed by atoms with van der Waals surface area (Å²) in [7, 11) is -3.58. The third-order valence-electron chi connectivity index (χ3n) is 5.25. The fourth-order valence-corrected chi connectivity index (χ4v) is 5.00. The average molecular weight is 401 g/mol. The number of nitrogens with zero attached hydrogens (tertiary/aromatic N) is 1. The number of carbonyl (C=O) groups is 1. The highest BCUT2D eigenvalue weighted by atomic mass is 32.2. The van der Waals surface area contributed by atoms with Gasteiger partial charge in [-0.25, -0.2) is 8.42 Å². The van der Waals surface area contributed by atoms with Crippen LogP contribution in [0.25, 0.3) is 0 Å². The maximum Gasteiger partial charge on any atom is 0.243 e. The Balaban J connectivity index is 1.65. The summed E-state index contributed by atoms with van der Waals surface area (Å²) in [5.41, 5.74) is 2.14. The van der Waals surface area contributed by atoms with Crippen LogP contribution in [0.2, 0.25) is 0 Å². The van der Waals surface area contributed by atoms with Crippen molar-refractivity contribution in [1.29, 1.82) is 0 Å². The van der Waals surface area contributed by atoms with E-state index in [0.717, 1.165) is 11.1 Å². The summed E-state index contributed by atoms with van der Waals surface area (Å²) >= 11 is 0. The molecule has 6 heteroatoms. The van der Waals surface area contributed by atoms with Crippen molar-refractivity contribution in [3.8, 4) is 0 Å². The molecule has 5 nitrogen and oxygen atoms in total. The zero-order chi connectivity index (χ0) is 20.1. The van der Waals surface area contributed by atoms with Gasteiger partial charge in [-0.1, -0.05) is 56.3 Å². The van der Waals surface area contributed by atoms with Gasteiger partial charge < -0.3 is 5.32 Å². The second-order valence-electron chi connectivity index (χ2n) is 7.63. The second-order valence-corrected chi connectivity index (χ2v) is 9.57. The monoisotopic (exact) mass is 400 g/mol. The molecule has 1 aliphatic heterocycles. The number of carbonyl (C=O) groups excluding carboxylic acids is 1. The molecule has 150 valence electrons. The highest BCUT2D eigenvalue weighted by Gasteiger charge is 2.33. The van der Waals surface area contributed by atoms with Gasteiger partial charge in [0.15, 0.2) is 0 Å². The molecule has 0 aliphatic carbocycles. The van der Waals surface area contributed by atoms with Crippen LogP contribution in [0.1, 0.15) is 43.7 Å². The van der Waals surface area contributed by atoms with Crippen LogP contribution in [0.15, 0.2) is 59.5 Å². The maximum absolute atomic E-state index is 13.0. The number of benzene rings is 2. The van der Waals surface area contributed by atoms with E-state index in [-0.39, 0.29) is 18.4 Å². The van der Waals surface area contributed by atoms with Crippen molar-refractivity contribution in [3.05, 3.63) is 65.7 Å². The fraction of sp³-hybridized carbons (Fsp3) is 0.409. The van der Waals surface area contributed by atoms with Crippen LogP contribution in [0.5, 0.6) is 0 Å². The molecule has 1 aliphatic rings. The Bertz CT molecular complexity index is 893. The summed E-state index contributed by atoms with van der Waals surface area (Å²) in [6.45, 7) is 5.30. The van der Waals surface area contributed by atoms with E-state index < -0.39 is 10.0 Å². The number of nitrogens with one attached hydrogen (secondary N) is 1. The Morgan fingerprint density at radius 2 is 1.79 bits per heavy atom. The van der Waals surface area contributed by atoms with E-state index >= 15 is 0 Å². The van der Waals surface area contributed by atoms with Crippen LogP contribution < -0.4 is 5.32 Å². The molecular formula is C22H28N2O3S. The Kier molecular flexibility index (Phi) is 6.52. The van der Waals surface area contributed by atoms with Gasteiger partial charge in [0.2, 0.25) is 15.9 Å². The van der Waals surface area contributed by atoms with Crippen LogP contribution >= 0.6 is 0 Å². The Morgan fingerprint density at radius 1 is 1.11 bits per heavy atom. The highest BCUT2D eigenvalue weighted by Crippen LogP contribution is 2.25. The molecule has 1 saturated heterocycles. The molecule has 2 aromatic carbocycles. The van der Waals surface area contributed by atoms with Gasteiger partial charge >= 0.3 is 0 Å². The Morgan fingerprint density at radius 3 is 2.43 bits per heavy atom. The lowest BCUT2D eigenvalue weighted by Crippen LogP contribution is -2.45. The van der Waals surface area contributed by atoms with Crippen molar-refractivity contribution in [2.75, 3.05) is 13.1 Å². The van der Waals surface area contributed by atoms with Gasteiger partial charge in [0, 0.05) is 19.6 Å². The predicted molar refractivity (Wildman–Crippen MR) is 110 cm³/mol. The SMILES string of the molecule is CC(C)c1ccc(S(=O)(=O)N2CCC[C@H](C(=O)NCc3ccccc3)C2)cc1. The summed E-state index contributed by atoms with van der Waals surface area (Å²) in [5.74, 6) is -0.0504. The number of amides is 1. The summed E-state index contributed by atoms with van der Waals surface area (Å²) in [4.78, 5) is 12.9. The summed E-state index contributed by atoms with van der Waals surface area (Å²) in [6.07, 6.45) is 1.39. The normalized spacial score (nSPS) is 18.2. The number of sulfonamides is 1. The van der Waals surface area contributed by atoms with Gasteiger partial charge in [-0.3, -0.25) is 4.79 Å². The zero-order valence-electron chi connectivity index (χ0n) is 16.5. The van der Waals surface area contributed by atoms with E-state index in [0.29, 0.717) is 36.7 Å². The first kappa shape index (κ1) is 20.6. The van der Waals surface area contributed by atoms with Crippen molar-refractivity contribution in [3.63, 3.8) is 0 Å². The van der Waals surface area contributed by atoms with E-state index in [1.165, 1.54) is 4.31 Å². The van der Waals surface area contributed by atoms with Crippen molar-refractivity contribution < 1.29 is 13.2 Å². The van der Waals surface area contributed by atoms with Gasteiger partial charge in [0.05, 0.1) is 10.8 Å². The van der Waals surface area contributed by atoms with Gasteiger partial charge in [-0.05, 0) is 42.0 Å². The fourth-order valence-electron chi connectivity index (χ4n) is 3.48. The van der Waals surface area contributed by atoms with Crippen LogP contribution in [0, 0.1) is 5.92 Å². The topological polar surface area (TPSA) is 66.5 Å². The van der Waals surface area contributed by atoms with Crippen molar-refractivity contribution in [1.82, 2.24) is 9.62 Å². The van der Waals surface area contributed by atoms with Gasteiger partial charge in [0.1, 0.15) is 0 Å². The van der Waals surface area contributed by atoms with Crippen molar-refractivity contribution in [2.45, 2.75) is 44.0 Å². The summed E-state index contributed by atoms with van der Waals surface area (Å²) in [6, 6.07) is 16.8. The van der Waals surface area contributed by atoms with E-state index in [1.807, 2.05) is 42.5 Å². The van der Waals surface area contributed by atoms with E-state index in [2.05, 4.69) is 19.2 Å². The number of rotatable bonds is 6. The molecule has 0 bridgehead atoms. The minimum atomic E-state index is -3.58. The maximum atomic E-state index is 13.0. The molecule has 0 saturated carbocycles. The molecule has 1 heterocycles. The molecule has 28 heavy (non-hydrogen) atoms. The first-order valence-corrected chi connectivity index (χ1v) is 11.2. The minimum absolute atomic E-state index is 0.0843. The third kappa shape index (κ3) is 4.80. The molecule has 1 atom stereocenters.